The number of amides is 4. The first-order valence-electron chi connectivity index (χ1n) is 16.5. The summed E-state index contributed by atoms with van der Waals surface area (Å²) in [6.45, 7) is 6.30. The predicted octanol–water partition coefficient (Wildman–Crippen LogP) is 5.97. The quantitative estimate of drug-likeness (QED) is 0.274. The Morgan fingerprint density at radius 1 is 1.02 bits per heavy atom. The van der Waals surface area contributed by atoms with E-state index in [1.807, 2.05) is 44.2 Å². The molecule has 48 heavy (non-hydrogen) atoms. The Kier molecular flexibility index (Phi) is 13.3. The molecular formula is C37H47FN4O6. The molecule has 1 aliphatic rings. The average Bonchev–Trinajstić information content (AvgIpc) is 3.07. The number of carbonyl (C=O) groups excluding carboxylic acids is 3. The number of hydrogen-bond acceptors (Lipinski definition) is 6. The first-order valence-corrected chi connectivity index (χ1v) is 16.5. The van der Waals surface area contributed by atoms with Crippen LogP contribution < -0.4 is 15.4 Å². The van der Waals surface area contributed by atoms with Gasteiger partial charge in [0.15, 0.2) is 0 Å². The summed E-state index contributed by atoms with van der Waals surface area (Å²) in [6, 6.07) is 19.1. The third-order valence-electron chi connectivity index (χ3n) is 8.44. The molecule has 0 unspecified atom stereocenters. The highest BCUT2D eigenvalue weighted by atomic mass is 19.1. The minimum Gasteiger partial charge on any atom is -0.490 e. The fourth-order valence-corrected chi connectivity index (χ4v) is 5.55. The van der Waals surface area contributed by atoms with E-state index >= 15 is 0 Å². The van der Waals surface area contributed by atoms with Crippen LogP contribution in [0.2, 0.25) is 0 Å². The van der Waals surface area contributed by atoms with E-state index in [4.69, 9.17) is 9.47 Å². The Morgan fingerprint density at radius 3 is 2.44 bits per heavy atom. The number of aliphatic hydroxyl groups excluding tert-OH is 1. The SMILES string of the molecule is C[C@@H]1CCCCO[C@@H](CN(C)C(=O)Nc2ccc(F)cc2)[C@H](C)CN([C@@H](C)CO)C(=O)c2cc(NC(=O)Cc3ccccc3)ccc2O1. The van der Waals surface area contributed by atoms with Crippen LogP contribution in [0.5, 0.6) is 5.75 Å². The molecule has 0 fully saturated rings. The molecule has 1 heterocycles. The maximum absolute atomic E-state index is 14.3. The predicted molar refractivity (Wildman–Crippen MR) is 184 cm³/mol. The van der Waals surface area contributed by atoms with E-state index in [9.17, 15) is 23.9 Å². The van der Waals surface area contributed by atoms with Crippen molar-refractivity contribution < 1.29 is 33.4 Å². The molecule has 0 bridgehead atoms. The van der Waals surface area contributed by atoms with Gasteiger partial charge in [-0.1, -0.05) is 37.3 Å². The van der Waals surface area contributed by atoms with Gasteiger partial charge in [0.1, 0.15) is 11.6 Å². The maximum atomic E-state index is 14.3. The molecular weight excluding hydrogens is 615 g/mol. The van der Waals surface area contributed by atoms with Gasteiger partial charge in [-0.2, -0.15) is 0 Å². The molecule has 3 aromatic rings. The van der Waals surface area contributed by atoms with E-state index < -0.39 is 18.0 Å². The van der Waals surface area contributed by atoms with Gasteiger partial charge >= 0.3 is 6.03 Å². The molecule has 3 N–H and O–H groups in total. The smallest absolute Gasteiger partial charge is 0.321 e. The van der Waals surface area contributed by atoms with Crippen molar-refractivity contribution in [2.75, 3.05) is 44.0 Å². The monoisotopic (exact) mass is 662 g/mol. The van der Waals surface area contributed by atoms with Gasteiger partial charge < -0.3 is 35.0 Å². The molecule has 0 spiro atoms. The maximum Gasteiger partial charge on any atom is 0.321 e. The second-order valence-corrected chi connectivity index (χ2v) is 12.5. The summed E-state index contributed by atoms with van der Waals surface area (Å²) in [6.07, 6.45) is 1.88. The van der Waals surface area contributed by atoms with Crippen LogP contribution >= 0.6 is 0 Å². The van der Waals surface area contributed by atoms with Gasteiger partial charge in [-0.05, 0) is 81.1 Å². The first-order chi connectivity index (χ1) is 23.0. The zero-order valence-electron chi connectivity index (χ0n) is 28.2. The van der Waals surface area contributed by atoms with Gasteiger partial charge in [0.25, 0.3) is 5.91 Å². The Labute approximate surface area is 282 Å². The summed E-state index contributed by atoms with van der Waals surface area (Å²) >= 11 is 0. The molecule has 3 aromatic carbocycles. The van der Waals surface area contributed by atoms with Crippen LogP contribution in [0.3, 0.4) is 0 Å². The molecule has 0 saturated carbocycles. The molecule has 0 aromatic heterocycles. The molecule has 4 atom stereocenters. The summed E-state index contributed by atoms with van der Waals surface area (Å²) in [4.78, 5) is 43.3. The lowest BCUT2D eigenvalue weighted by Crippen LogP contribution is -2.48. The normalized spacial score (nSPS) is 19.7. The van der Waals surface area contributed by atoms with Crippen LogP contribution in [0, 0.1) is 11.7 Å². The zero-order chi connectivity index (χ0) is 34.6. The molecule has 0 radical (unpaired) electrons. The van der Waals surface area contributed by atoms with E-state index in [1.54, 1.807) is 37.1 Å². The third kappa shape index (κ3) is 10.5. The summed E-state index contributed by atoms with van der Waals surface area (Å²) in [5.41, 5.74) is 2.07. The van der Waals surface area contributed by atoms with Crippen molar-refractivity contribution in [2.45, 2.75) is 64.7 Å². The minimum atomic E-state index is -0.547. The summed E-state index contributed by atoms with van der Waals surface area (Å²) < 4.78 is 26.0. The number of carbonyl (C=O) groups is 3. The van der Waals surface area contributed by atoms with E-state index in [1.165, 1.54) is 29.2 Å². The lowest BCUT2D eigenvalue weighted by atomic mass is 10.0. The highest BCUT2D eigenvalue weighted by Crippen LogP contribution is 2.29. The Bertz CT molecular complexity index is 1510. The summed E-state index contributed by atoms with van der Waals surface area (Å²) in [5.74, 6) is -0.817. The average molecular weight is 663 g/mol. The number of benzene rings is 3. The van der Waals surface area contributed by atoms with E-state index in [-0.39, 0.29) is 61.5 Å². The number of hydrogen-bond donors (Lipinski definition) is 3. The molecule has 4 rings (SSSR count). The standard InChI is InChI=1S/C37H47FN4O6/c1-25-22-42(26(2)24-43)36(45)32-21-31(39-35(44)20-28-11-6-5-7-12-28)17-18-33(32)48-27(3)10-8-9-19-47-34(25)23-41(4)37(46)40-30-15-13-29(38)14-16-30/h5-7,11-18,21,25-27,34,43H,8-10,19-20,22-24H2,1-4H3,(H,39,44)(H,40,46)/t25-,26+,27-,34+/m1/s1. The van der Waals surface area contributed by atoms with Crippen molar-refractivity contribution in [1.82, 2.24) is 9.80 Å². The summed E-state index contributed by atoms with van der Waals surface area (Å²) in [5, 5.41) is 15.9. The van der Waals surface area contributed by atoms with Crippen molar-refractivity contribution in [3.63, 3.8) is 0 Å². The molecule has 10 nitrogen and oxygen atoms in total. The van der Waals surface area contributed by atoms with Crippen molar-refractivity contribution in [3.05, 3.63) is 89.7 Å². The topological polar surface area (TPSA) is 120 Å². The number of fused-ring (bicyclic) bond motifs is 1. The second kappa shape index (κ2) is 17.6. The lowest BCUT2D eigenvalue weighted by molar-refractivity contribution is -0.115. The van der Waals surface area contributed by atoms with E-state index in [2.05, 4.69) is 10.6 Å². The van der Waals surface area contributed by atoms with Gasteiger partial charge in [0.2, 0.25) is 5.91 Å². The molecule has 4 amide bonds. The molecule has 0 aliphatic carbocycles. The molecule has 11 heteroatoms. The van der Waals surface area contributed by atoms with Crippen molar-refractivity contribution in [3.8, 4) is 5.75 Å². The van der Waals surface area contributed by atoms with Gasteiger partial charge in [0, 0.05) is 44.0 Å². The highest BCUT2D eigenvalue weighted by molar-refractivity contribution is 6.00. The van der Waals surface area contributed by atoms with Crippen molar-refractivity contribution in [1.29, 1.82) is 0 Å². The second-order valence-electron chi connectivity index (χ2n) is 12.5. The zero-order valence-corrected chi connectivity index (χ0v) is 28.2. The third-order valence-corrected chi connectivity index (χ3v) is 8.44. The summed E-state index contributed by atoms with van der Waals surface area (Å²) in [7, 11) is 1.66. The fourth-order valence-electron chi connectivity index (χ4n) is 5.55. The van der Waals surface area contributed by atoms with Crippen LogP contribution in [-0.4, -0.2) is 84.4 Å². The number of nitrogens with zero attached hydrogens (tertiary/aromatic N) is 2. The van der Waals surface area contributed by atoms with E-state index in [0.717, 1.165) is 24.8 Å². The molecule has 258 valence electrons. The number of urea groups is 1. The number of rotatable bonds is 8. The van der Waals surface area contributed by atoms with Crippen molar-refractivity contribution >= 4 is 29.2 Å². The van der Waals surface area contributed by atoms with E-state index in [0.29, 0.717) is 23.7 Å². The lowest BCUT2D eigenvalue weighted by Gasteiger charge is -2.35. The molecule has 1 aliphatic heterocycles. The number of anilines is 2. The van der Waals surface area contributed by atoms with Crippen molar-refractivity contribution in [2.24, 2.45) is 5.92 Å². The Hall–Kier alpha value is -4.48. The number of ether oxygens (including phenoxy) is 2. The number of halogens is 1. The van der Waals surface area contributed by atoms with Gasteiger partial charge in [-0.15, -0.1) is 0 Å². The Balaban J connectivity index is 1.57. The minimum absolute atomic E-state index is 0.183. The van der Waals surface area contributed by atoms with Crippen LogP contribution in [-0.2, 0) is 16.0 Å². The van der Waals surface area contributed by atoms with Gasteiger partial charge in [0.05, 0.1) is 36.8 Å². The van der Waals surface area contributed by atoms with Gasteiger partial charge in [-0.3, -0.25) is 9.59 Å². The highest BCUT2D eigenvalue weighted by Gasteiger charge is 2.31. The Morgan fingerprint density at radius 2 is 1.73 bits per heavy atom. The number of likely N-dealkylation sites (N-methyl/N-ethyl adjacent to an activating group) is 1. The first kappa shape index (κ1) is 36.4. The largest absolute Gasteiger partial charge is 0.490 e. The van der Waals surface area contributed by atoms with Gasteiger partial charge in [-0.25, -0.2) is 9.18 Å². The van der Waals surface area contributed by atoms with Crippen LogP contribution in [0.25, 0.3) is 0 Å². The van der Waals surface area contributed by atoms with Crippen LogP contribution in [0.4, 0.5) is 20.6 Å². The van der Waals surface area contributed by atoms with Crippen LogP contribution in [0.1, 0.15) is 56.0 Å². The van der Waals surface area contributed by atoms with Crippen LogP contribution in [0.15, 0.2) is 72.8 Å². The number of nitrogens with one attached hydrogen (secondary N) is 2. The number of aliphatic hydroxyl groups is 1. The fraction of sp³-hybridized carbons (Fsp3) is 0.432. The molecule has 0 saturated heterocycles.